The van der Waals surface area contributed by atoms with Crippen LogP contribution in [0.15, 0.2) is 18.2 Å². The van der Waals surface area contributed by atoms with Crippen molar-refractivity contribution in [3.8, 4) is 0 Å². The van der Waals surface area contributed by atoms with E-state index < -0.39 is 0 Å². The Morgan fingerprint density at radius 2 is 2.29 bits per heavy atom. The number of halogens is 1. The summed E-state index contributed by atoms with van der Waals surface area (Å²) in [6.45, 7) is 2.63. The zero-order valence-corrected chi connectivity index (χ0v) is 8.56. The molecule has 4 heteroatoms. The number of rotatable bonds is 1. The minimum Gasteiger partial charge on any atom is -0.336 e. The maximum absolute atomic E-state index is 11.0. The Hall–Kier alpha value is -1.22. The Morgan fingerprint density at radius 1 is 1.50 bits per heavy atom. The Kier molecular flexibility index (Phi) is 2.33. The second-order valence-corrected chi connectivity index (χ2v) is 3.84. The van der Waals surface area contributed by atoms with Crippen LogP contribution in [0.5, 0.6) is 0 Å². The van der Waals surface area contributed by atoms with Crippen molar-refractivity contribution in [2.45, 2.75) is 13.0 Å². The standard InChI is InChI=1S/C10H11ClN2O/c1-6-4-7(11)2-3-8(6)9-5-12-10(14)13-9/h2-4,9H,5H2,1H3,(H2,12,13,14)/t9-/m0/s1. The second-order valence-electron chi connectivity index (χ2n) is 3.41. The number of benzene rings is 1. The third kappa shape index (κ3) is 1.68. The zero-order valence-electron chi connectivity index (χ0n) is 7.80. The highest BCUT2D eigenvalue weighted by atomic mass is 35.5. The van der Waals surface area contributed by atoms with E-state index in [1.54, 1.807) is 0 Å². The molecule has 0 saturated carbocycles. The zero-order chi connectivity index (χ0) is 10.1. The third-order valence-corrected chi connectivity index (χ3v) is 2.61. The fraction of sp³-hybridized carbons (Fsp3) is 0.300. The van der Waals surface area contributed by atoms with Gasteiger partial charge in [0.05, 0.1) is 6.04 Å². The summed E-state index contributed by atoms with van der Waals surface area (Å²) in [4.78, 5) is 11.0. The lowest BCUT2D eigenvalue weighted by atomic mass is 10.0. The van der Waals surface area contributed by atoms with Crippen molar-refractivity contribution in [2.75, 3.05) is 6.54 Å². The molecule has 0 aliphatic carbocycles. The van der Waals surface area contributed by atoms with Gasteiger partial charge in [0.2, 0.25) is 0 Å². The van der Waals surface area contributed by atoms with E-state index >= 15 is 0 Å². The first-order chi connectivity index (χ1) is 6.66. The van der Waals surface area contributed by atoms with Crippen molar-refractivity contribution in [2.24, 2.45) is 0 Å². The predicted molar refractivity (Wildman–Crippen MR) is 55.5 cm³/mol. The molecule has 0 unspecified atom stereocenters. The molecule has 1 aromatic rings. The van der Waals surface area contributed by atoms with Crippen LogP contribution in [0.4, 0.5) is 4.79 Å². The first-order valence-electron chi connectivity index (χ1n) is 4.47. The fourth-order valence-corrected chi connectivity index (χ4v) is 1.90. The van der Waals surface area contributed by atoms with Crippen LogP contribution in [0, 0.1) is 6.92 Å². The van der Waals surface area contributed by atoms with Gasteiger partial charge >= 0.3 is 6.03 Å². The maximum atomic E-state index is 11.0. The van der Waals surface area contributed by atoms with Gasteiger partial charge in [-0.3, -0.25) is 0 Å². The van der Waals surface area contributed by atoms with Gasteiger partial charge in [-0.05, 0) is 30.2 Å². The van der Waals surface area contributed by atoms with Crippen molar-refractivity contribution < 1.29 is 4.79 Å². The minimum absolute atomic E-state index is 0.0692. The van der Waals surface area contributed by atoms with Crippen molar-refractivity contribution >= 4 is 17.6 Å². The van der Waals surface area contributed by atoms with E-state index in [9.17, 15) is 4.79 Å². The van der Waals surface area contributed by atoms with Crippen LogP contribution in [-0.4, -0.2) is 12.6 Å². The highest BCUT2D eigenvalue weighted by Gasteiger charge is 2.22. The van der Waals surface area contributed by atoms with Crippen LogP contribution in [0.1, 0.15) is 17.2 Å². The van der Waals surface area contributed by atoms with Crippen LogP contribution < -0.4 is 10.6 Å². The smallest absolute Gasteiger partial charge is 0.315 e. The SMILES string of the molecule is Cc1cc(Cl)ccc1[C@@H]1CNC(=O)N1. The number of hydrogen-bond donors (Lipinski definition) is 2. The number of carbonyl (C=O) groups excluding carboxylic acids is 1. The highest BCUT2D eigenvalue weighted by Crippen LogP contribution is 2.22. The van der Waals surface area contributed by atoms with Crippen LogP contribution in [-0.2, 0) is 0 Å². The van der Waals surface area contributed by atoms with Gasteiger partial charge in [0.25, 0.3) is 0 Å². The van der Waals surface area contributed by atoms with Gasteiger partial charge in [-0.1, -0.05) is 17.7 Å². The fourth-order valence-electron chi connectivity index (χ4n) is 1.67. The Labute approximate surface area is 87.4 Å². The van der Waals surface area contributed by atoms with Gasteiger partial charge in [0, 0.05) is 11.6 Å². The first kappa shape index (κ1) is 9.34. The quantitative estimate of drug-likeness (QED) is 0.732. The number of amides is 2. The molecule has 1 fully saturated rings. The molecule has 1 aliphatic rings. The van der Waals surface area contributed by atoms with Gasteiger partial charge in [0.15, 0.2) is 0 Å². The molecule has 14 heavy (non-hydrogen) atoms. The summed E-state index contributed by atoms with van der Waals surface area (Å²) in [6.07, 6.45) is 0. The predicted octanol–water partition coefficient (Wildman–Crippen LogP) is 2.00. The van der Waals surface area contributed by atoms with E-state index in [-0.39, 0.29) is 12.1 Å². The van der Waals surface area contributed by atoms with E-state index in [4.69, 9.17) is 11.6 Å². The topological polar surface area (TPSA) is 41.1 Å². The van der Waals surface area contributed by atoms with E-state index in [1.165, 1.54) is 0 Å². The average Bonchev–Trinajstić information content (AvgIpc) is 2.51. The normalized spacial score (nSPS) is 20.4. The molecular formula is C10H11ClN2O. The van der Waals surface area contributed by atoms with Crippen molar-refractivity contribution in [3.05, 3.63) is 34.3 Å². The highest BCUT2D eigenvalue weighted by molar-refractivity contribution is 6.30. The lowest BCUT2D eigenvalue weighted by Crippen LogP contribution is -2.22. The molecular weight excluding hydrogens is 200 g/mol. The Morgan fingerprint density at radius 3 is 2.86 bits per heavy atom. The maximum Gasteiger partial charge on any atom is 0.315 e. The lowest BCUT2D eigenvalue weighted by molar-refractivity contribution is 0.247. The minimum atomic E-state index is -0.107. The van der Waals surface area contributed by atoms with Gasteiger partial charge in [0.1, 0.15) is 0 Å². The Bertz CT molecular complexity index is 378. The van der Waals surface area contributed by atoms with Crippen LogP contribution >= 0.6 is 11.6 Å². The molecule has 0 spiro atoms. The van der Waals surface area contributed by atoms with E-state index in [0.29, 0.717) is 6.54 Å². The molecule has 1 aromatic carbocycles. The molecule has 0 radical (unpaired) electrons. The number of hydrogen-bond acceptors (Lipinski definition) is 1. The van der Waals surface area contributed by atoms with Crippen LogP contribution in [0.3, 0.4) is 0 Å². The van der Waals surface area contributed by atoms with Gasteiger partial charge in [-0.15, -0.1) is 0 Å². The molecule has 1 heterocycles. The molecule has 2 amide bonds. The summed E-state index contributed by atoms with van der Waals surface area (Å²) in [6, 6.07) is 5.66. The summed E-state index contributed by atoms with van der Waals surface area (Å²) in [5, 5.41) is 6.29. The van der Waals surface area contributed by atoms with Gasteiger partial charge in [-0.2, -0.15) is 0 Å². The number of aryl methyl sites for hydroxylation is 1. The summed E-state index contributed by atoms with van der Waals surface area (Å²) in [5.74, 6) is 0. The third-order valence-electron chi connectivity index (χ3n) is 2.38. The molecule has 1 atom stereocenters. The summed E-state index contributed by atoms with van der Waals surface area (Å²) in [5.41, 5.74) is 2.22. The summed E-state index contributed by atoms with van der Waals surface area (Å²) >= 11 is 5.85. The van der Waals surface area contributed by atoms with E-state index in [2.05, 4.69) is 10.6 Å². The molecule has 74 valence electrons. The molecule has 2 N–H and O–H groups in total. The van der Waals surface area contributed by atoms with Gasteiger partial charge < -0.3 is 10.6 Å². The molecule has 3 nitrogen and oxygen atoms in total. The molecule has 1 saturated heterocycles. The first-order valence-corrected chi connectivity index (χ1v) is 4.85. The summed E-state index contributed by atoms with van der Waals surface area (Å²) < 4.78 is 0. The van der Waals surface area contributed by atoms with Crippen molar-refractivity contribution in [1.82, 2.24) is 10.6 Å². The van der Waals surface area contributed by atoms with E-state index in [0.717, 1.165) is 16.1 Å². The molecule has 1 aliphatic heterocycles. The molecule has 2 rings (SSSR count). The van der Waals surface area contributed by atoms with E-state index in [1.807, 2.05) is 25.1 Å². The monoisotopic (exact) mass is 210 g/mol. The summed E-state index contributed by atoms with van der Waals surface area (Å²) in [7, 11) is 0. The molecule has 0 bridgehead atoms. The second kappa shape index (κ2) is 3.50. The number of carbonyl (C=O) groups is 1. The average molecular weight is 211 g/mol. The number of nitrogens with one attached hydrogen (secondary N) is 2. The Balaban J connectivity index is 2.28. The largest absolute Gasteiger partial charge is 0.336 e. The van der Waals surface area contributed by atoms with Crippen LogP contribution in [0.25, 0.3) is 0 Å². The van der Waals surface area contributed by atoms with Gasteiger partial charge in [-0.25, -0.2) is 4.79 Å². The lowest BCUT2D eigenvalue weighted by Gasteiger charge is -2.12. The van der Waals surface area contributed by atoms with Crippen LogP contribution in [0.2, 0.25) is 5.02 Å². The number of urea groups is 1. The van der Waals surface area contributed by atoms with Crippen molar-refractivity contribution in [1.29, 1.82) is 0 Å². The molecule has 0 aromatic heterocycles. The van der Waals surface area contributed by atoms with Crippen molar-refractivity contribution in [3.63, 3.8) is 0 Å².